The Morgan fingerprint density at radius 2 is 1.75 bits per heavy atom. The second kappa shape index (κ2) is 8.51. The first kappa shape index (κ1) is 24.2. The maximum Gasteiger partial charge on any atom is 0.434 e. The zero-order valence-corrected chi connectivity index (χ0v) is 16.9. The third kappa shape index (κ3) is 4.83. The third-order valence-corrected chi connectivity index (χ3v) is 5.74. The SMILES string of the molecule is O=C(NC(c1cccc(F)c1F)C1(O)CCC(F)(F)CC1)c1ccnc(C(F)(F)F)c1Cl. The smallest absolute Gasteiger partial charge is 0.387 e. The van der Waals surface area contributed by atoms with Crippen LogP contribution in [-0.2, 0) is 6.18 Å². The first-order valence-corrected chi connectivity index (χ1v) is 9.70. The lowest BCUT2D eigenvalue weighted by molar-refractivity contribution is -0.141. The van der Waals surface area contributed by atoms with Gasteiger partial charge in [0.2, 0.25) is 5.92 Å². The largest absolute Gasteiger partial charge is 0.434 e. The molecule has 1 saturated carbocycles. The molecule has 1 aromatic carbocycles. The fraction of sp³-hybridized carbons (Fsp3) is 0.400. The number of pyridine rings is 1. The Balaban J connectivity index is 2.02. The molecule has 32 heavy (non-hydrogen) atoms. The molecule has 1 atom stereocenters. The molecular formula is C20H16ClF7N2O2. The summed E-state index contributed by atoms with van der Waals surface area (Å²) in [7, 11) is 0. The molecule has 1 aliphatic rings. The van der Waals surface area contributed by atoms with Gasteiger partial charge in [0.25, 0.3) is 5.91 Å². The van der Waals surface area contributed by atoms with E-state index in [0.29, 0.717) is 6.20 Å². The van der Waals surface area contributed by atoms with Crippen LogP contribution in [0.2, 0.25) is 5.02 Å². The van der Waals surface area contributed by atoms with Crippen molar-refractivity contribution in [3.63, 3.8) is 0 Å². The van der Waals surface area contributed by atoms with Crippen LogP contribution in [0.5, 0.6) is 0 Å². The highest BCUT2D eigenvalue weighted by molar-refractivity contribution is 6.34. The normalized spacial score (nSPS) is 18.8. The van der Waals surface area contributed by atoms with Gasteiger partial charge in [0.05, 0.1) is 22.2 Å². The number of aliphatic hydroxyl groups is 1. The van der Waals surface area contributed by atoms with E-state index in [4.69, 9.17) is 11.6 Å². The Bertz CT molecular complexity index is 1020. The average Bonchev–Trinajstić information content (AvgIpc) is 2.70. The van der Waals surface area contributed by atoms with Crippen LogP contribution < -0.4 is 5.32 Å². The zero-order valence-electron chi connectivity index (χ0n) is 16.1. The minimum Gasteiger partial charge on any atom is -0.387 e. The molecule has 0 bridgehead atoms. The molecule has 0 spiro atoms. The van der Waals surface area contributed by atoms with E-state index >= 15 is 0 Å². The number of hydrogen-bond acceptors (Lipinski definition) is 3. The number of benzene rings is 1. The van der Waals surface area contributed by atoms with Crippen molar-refractivity contribution in [2.75, 3.05) is 0 Å². The summed E-state index contributed by atoms with van der Waals surface area (Å²) in [6.07, 6.45) is -7.05. The van der Waals surface area contributed by atoms with Crippen LogP contribution in [0.25, 0.3) is 0 Å². The molecule has 2 aromatic rings. The molecule has 174 valence electrons. The quantitative estimate of drug-likeness (QED) is 0.568. The highest BCUT2D eigenvalue weighted by Crippen LogP contribution is 2.45. The number of aromatic nitrogens is 1. The molecule has 1 heterocycles. The predicted octanol–water partition coefficient (Wildman–Crippen LogP) is 5.44. The van der Waals surface area contributed by atoms with Crippen LogP contribution >= 0.6 is 11.6 Å². The van der Waals surface area contributed by atoms with Crippen LogP contribution in [-0.4, -0.2) is 27.5 Å². The van der Waals surface area contributed by atoms with E-state index < -0.39 is 88.8 Å². The van der Waals surface area contributed by atoms with Crippen LogP contribution in [0.3, 0.4) is 0 Å². The molecule has 1 aliphatic carbocycles. The van der Waals surface area contributed by atoms with Gasteiger partial charge in [0, 0.05) is 24.6 Å². The van der Waals surface area contributed by atoms with Gasteiger partial charge in [-0.15, -0.1) is 0 Å². The van der Waals surface area contributed by atoms with E-state index in [2.05, 4.69) is 10.3 Å². The van der Waals surface area contributed by atoms with Crippen LogP contribution in [0, 0.1) is 11.6 Å². The van der Waals surface area contributed by atoms with E-state index in [0.717, 1.165) is 24.3 Å². The van der Waals surface area contributed by atoms with Gasteiger partial charge in [-0.2, -0.15) is 13.2 Å². The molecule has 1 amide bonds. The number of hydrogen-bond donors (Lipinski definition) is 2. The second-order valence-corrected chi connectivity index (χ2v) is 7.91. The molecule has 1 aromatic heterocycles. The Morgan fingerprint density at radius 1 is 1.12 bits per heavy atom. The Labute approximate surface area is 182 Å². The van der Waals surface area contributed by atoms with E-state index in [9.17, 15) is 40.6 Å². The topological polar surface area (TPSA) is 62.2 Å². The summed E-state index contributed by atoms with van der Waals surface area (Å²) in [6.45, 7) is 0. The van der Waals surface area contributed by atoms with Gasteiger partial charge < -0.3 is 10.4 Å². The summed E-state index contributed by atoms with van der Waals surface area (Å²) in [4.78, 5) is 15.9. The first-order valence-electron chi connectivity index (χ1n) is 9.32. The fourth-order valence-electron chi connectivity index (χ4n) is 3.61. The number of nitrogens with one attached hydrogen (secondary N) is 1. The van der Waals surface area contributed by atoms with Crippen molar-refractivity contribution in [3.8, 4) is 0 Å². The summed E-state index contributed by atoms with van der Waals surface area (Å²) in [6, 6.07) is 2.00. The molecule has 1 fully saturated rings. The molecule has 0 aliphatic heterocycles. The Hall–Kier alpha value is -2.40. The Kier molecular flexibility index (Phi) is 6.45. The molecule has 12 heteroatoms. The standard InChI is InChI=1S/C20H16ClF7N2O2/c21-13-10(4-9-29-16(13)20(26,27)28)17(31)30-15(11-2-1-3-12(22)14(11)23)18(32)5-7-19(24,25)8-6-18/h1-4,9,15,32H,5-8H2,(H,30,31). The third-order valence-electron chi connectivity index (χ3n) is 5.35. The highest BCUT2D eigenvalue weighted by Gasteiger charge is 2.48. The van der Waals surface area contributed by atoms with Gasteiger partial charge in [-0.25, -0.2) is 17.6 Å². The summed E-state index contributed by atoms with van der Waals surface area (Å²) in [5, 5.41) is 12.1. The van der Waals surface area contributed by atoms with Crippen LogP contribution in [0.1, 0.15) is 53.3 Å². The summed E-state index contributed by atoms with van der Waals surface area (Å²) in [5.41, 5.74) is -4.91. The van der Waals surface area contributed by atoms with Gasteiger partial charge in [0.1, 0.15) is 0 Å². The number of nitrogens with zero attached hydrogens (tertiary/aromatic N) is 1. The number of carbonyl (C=O) groups excluding carboxylic acids is 1. The number of halogens is 8. The maximum atomic E-state index is 14.5. The van der Waals surface area contributed by atoms with Gasteiger partial charge in [-0.1, -0.05) is 23.7 Å². The molecule has 0 saturated heterocycles. The van der Waals surface area contributed by atoms with Gasteiger partial charge in [-0.3, -0.25) is 9.78 Å². The number of amides is 1. The van der Waals surface area contributed by atoms with Crippen molar-refractivity contribution < 1.29 is 40.6 Å². The van der Waals surface area contributed by atoms with Crippen LogP contribution in [0.4, 0.5) is 30.7 Å². The molecule has 4 nitrogen and oxygen atoms in total. The van der Waals surface area contributed by atoms with Gasteiger partial charge >= 0.3 is 6.18 Å². The van der Waals surface area contributed by atoms with E-state index in [1.807, 2.05) is 0 Å². The minimum atomic E-state index is -4.98. The van der Waals surface area contributed by atoms with E-state index in [-0.39, 0.29) is 0 Å². The van der Waals surface area contributed by atoms with Crippen molar-refractivity contribution >= 4 is 17.5 Å². The summed E-state index contributed by atoms with van der Waals surface area (Å²) in [5.74, 6) is -7.13. The van der Waals surface area contributed by atoms with Gasteiger partial charge in [0.15, 0.2) is 17.3 Å². The average molecular weight is 485 g/mol. The zero-order chi connectivity index (χ0) is 23.9. The van der Waals surface area contributed by atoms with Crippen molar-refractivity contribution in [1.82, 2.24) is 10.3 Å². The molecule has 3 rings (SSSR count). The lowest BCUT2D eigenvalue weighted by atomic mass is 9.75. The lowest BCUT2D eigenvalue weighted by Gasteiger charge is -2.42. The maximum absolute atomic E-state index is 14.5. The van der Waals surface area contributed by atoms with Crippen molar-refractivity contribution in [3.05, 3.63) is 63.9 Å². The monoisotopic (exact) mass is 484 g/mol. The highest BCUT2D eigenvalue weighted by atomic mass is 35.5. The van der Waals surface area contributed by atoms with Crippen molar-refractivity contribution in [1.29, 1.82) is 0 Å². The molecule has 0 radical (unpaired) electrons. The number of rotatable bonds is 4. The minimum absolute atomic E-state index is 0.549. The predicted molar refractivity (Wildman–Crippen MR) is 99.2 cm³/mol. The first-order chi connectivity index (χ1) is 14.8. The number of alkyl halides is 5. The summed E-state index contributed by atoms with van der Waals surface area (Å²) < 4.78 is 94.8. The van der Waals surface area contributed by atoms with E-state index in [1.165, 1.54) is 0 Å². The van der Waals surface area contributed by atoms with Crippen molar-refractivity contribution in [2.24, 2.45) is 0 Å². The molecule has 1 unspecified atom stereocenters. The Morgan fingerprint density at radius 3 is 2.34 bits per heavy atom. The fourth-order valence-corrected chi connectivity index (χ4v) is 3.91. The lowest BCUT2D eigenvalue weighted by Crippen LogP contribution is -2.50. The van der Waals surface area contributed by atoms with Crippen molar-refractivity contribution in [2.45, 2.75) is 49.4 Å². The van der Waals surface area contributed by atoms with Gasteiger partial charge in [-0.05, 0) is 25.0 Å². The van der Waals surface area contributed by atoms with E-state index in [1.54, 1.807) is 0 Å². The molecular weight excluding hydrogens is 469 g/mol. The molecule has 2 N–H and O–H groups in total. The number of carbonyl (C=O) groups is 1. The summed E-state index contributed by atoms with van der Waals surface area (Å²) >= 11 is 5.69. The van der Waals surface area contributed by atoms with Crippen LogP contribution in [0.15, 0.2) is 30.5 Å². The second-order valence-electron chi connectivity index (χ2n) is 7.53.